The van der Waals surface area contributed by atoms with Crippen LogP contribution in [0.3, 0.4) is 0 Å². The molecule has 7 nitrogen and oxygen atoms in total. The van der Waals surface area contributed by atoms with Crippen LogP contribution in [-0.4, -0.2) is 33.1 Å². The number of aromatic carboxylic acids is 2. The van der Waals surface area contributed by atoms with E-state index in [1.54, 1.807) is 13.8 Å². The lowest BCUT2D eigenvalue weighted by Crippen LogP contribution is -3.00. The summed E-state index contributed by atoms with van der Waals surface area (Å²) in [5, 5.41) is 17.5. The Morgan fingerprint density at radius 1 is 1.00 bits per heavy atom. The third-order valence-corrected chi connectivity index (χ3v) is 1.93. The SMILES string of the molecule is Cc1[nH+]c(C)c(C(=O)O)cc1C(=O)O.O.O.[Cl-]. The summed E-state index contributed by atoms with van der Waals surface area (Å²) in [6.45, 7) is 3.17. The minimum atomic E-state index is -1.14. The molecule has 1 heterocycles. The van der Waals surface area contributed by atoms with E-state index in [1.165, 1.54) is 0 Å². The van der Waals surface area contributed by atoms with Gasteiger partial charge in [-0.3, -0.25) is 0 Å². The van der Waals surface area contributed by atoms with Gasteiger partial charge in [0, 0.05) is 13.8 Å². The highest BCUT2D eigenvalue weighted by molar-refractivity contribution is 5.94. The molecule has 0 amide bonds. The van der Waals surface area contributed by atoms with Crippen LogP contribution in [0.4, 0.5) is 0 Å². The highest BCUT2D eigenvalue weighted by Gasteiger charge is 2.20. The summed E-state index contributed by atoms with van der Waals surface area (Å²) >= 11 is 0. The van der Waals surface area contributed by atoms with Gasteiger partial charge in [0.25, 0.3) is 0 Å². The fourth-order valence-corrected chi connectivity index (χ4v) is 1.22. The Kier molecular flexibility index (Phi) is 9.19. The highest BCUT2D eigenvalue weighted by atomic mass is 35.5. The van der Waals surface area contributed by atoms with Gasteiger partial charge in [-0.05, 0) is 6.07 Å². The van der Waals surface area contributed by atoms with Crippen molar-refractivity contribution >= 4 is 11.9 Å². The summed E-state index contributed by atoms with van der Waals surface area (Å²) in [5.41, 5.74) is 0.848. The molecule has 0 bridgehead atoms. The zero-order valence-corrected chi connectivity index (χ0v) is 9.92. The first-order chi connectivity index (χ1) is 6.43. The average molecular weight is 268 g/mol. The first-order valence-electron chi connectivity index (χ1n) is 3.93. The molecule has 0 atom stereocenters. The number of carbonyl (C=O) groups is 2. The van der Waals surface area contributed by atoms with E-state index in [4.69, 9.17) is 10.2 Å². The fourth-order valence-electron chi connectivity index (χ4n) is 1.22. The molecule has 98 valence electrons. The normalized spacial score (nSPS) is 8.12. The minimum absolute atomic E-state index is 0. The van der Waals surface area contributed by atoms with Gasteiger partial charge in [-0.15, -0.1) is 0 Å². The van der Waals surface area contributed by atoms with Gasteiger partial charge in [0.1, 0.15) is 11.1 Å². The number of aromatic nitrogens is 1. The molecule has 7 N–H and O–H groups in total. The number of aromatic amines is 1. The number of hydrogen-bond acceptors (Lipinski definition) is 2. The van der Waals surface area contributed by atoms with Crippen molar-refractivity contribution in [2.45, 2.75) is 13.8 Å². The van der Waals surface area contributed by atoms with Crippen molar-refractivity contribution in [1.82, 2.24) is 0 Å². The molecule has 0 aromatic carbocycles. The standard InChI is InChI=1S/C9H9NO4.ClH.2H2O/c1-4-6(8(11)12)3-7(9(13)14)5(2)10-4;;;/h3H,1-2H3,(H,11,12)(H,13,14);1H;2*1H2. The number of H-pyrrole nitrogens is 1. The van der Waals surface area contributed by atoms with Crippen molar-refractivity contribution in [1.29, 1.82) is 0 Å². The van der Waals surface area contributed by atoms with Crippen LogP contribution in [0.1, 0.15) is 32.1 Å². The summed E-state index contributed by atoms with van der Waals surface area (Å²) in [7, 11) is 0. The number of carboxylic acid groups (broad SMARTS) is 2. The zero-order chi connectivity index (χ0) is 10.9. The second kappa shape index (κ2) is 7.55. The maximum atomic E-state index is 10.7. The van der Waals surface area contributed by atoms with E-state index in [0.717, 1.165) is 6.07 Å². The number of rotatable bonds is 2. The number of carboxylic acids is 2. The van der Waals surface area contributed by atoms with Crippen LogP contribution in [0.25, 0.3) is 0 Å². The minimum Gasteiger partial charge on any atom is -1.00 e. The largest absolute Gasteiger partial charge is 1.00 e. The van der Waals surface area contributed by atoms with Crippen LogP contribution in [0.2, 0.25) is 0 Å². The van der Waals surface area contributed by atoms with Crippen LogP contribution in [-0.2, 0) is 0 Å². The molecule has 0 aliphatic heterocycles. The van der Waals surface area contributed by atoms with E-state index < -0.39 is 11.9 Å². The van der Waals surface area contributed by atoms with Crippen LogP contribution in [0.5, 0.6) is 0 Å². The first-order valence-corrected chi connectivity index (χ1v) is 3.93. The molecule has 1 aromatic heterocycles. The number of nitrogens with one attached hydrogen (secondary N) is 1. The van der Waals surface area contributed by atoms with E-state index in [1.807, 2.05) is 0 Å². The van der Waals surface area contributed by atoms with Crippen LogP contribution in [0, 0.1) is 13.8 Å². The van der Waals surface area contributed by atoms with E-state index in [9.17, 15) is 9.59 Å². The van der Waals surface area contributed by atoms with E-state index in [-0.39, 0.29) is 34.5 Å². The molecule has 1 aromatic rings. The van der Waals surface area contributed by atoms with Gasteiger partial charge in [-0.1, -0.05) is 0 Å². The number of hydrogen-bond donors (Lipinski definition) is 2. The van der Waals surface area contributed by atoms with E-state index >= 15 is 0 Å². The van der Waals surface area contributed by atoms with Gasteiger partial charge >= 0.3 is 11.9 Å². The van der Waals surface area contributed by atoms with Crippen LogP contribution in [0.15, 0.2) is 6.07 Å². The molecule has 0 radical (unpaired) electrons. The topological polar surface area (TPSA) is 152 Å². The van der Waals surface area contributed by atoms with Crippen molar-refractivity contribution in [2.75, 3.05) is 0 Å². The second-order valence-electron chi connectivity index (χ2n) is 2.96. The lowest BCUT2D eigenvalue weighted by Gasteiger charge is -1.99. The van der Waals surface area contributed by atoms with Gasteiger partial charge in [0.2, 0.25) is 0 Å². The lowest BCUT2D eigenvalue weighted by molar-refractivity contribution is -0.397. The molecule has 0 spiro atoms. The molecule has 0 saturated carbocycles. The maximum Gasteiger partial charge on any atom is 0.342 e. The van der Waals surface area contributed by atoms with Crippen LogP contribution >= 0.6 is 0 Å². The molecule has 8 heteroatoms. The van der Waals surface area contributed by atoms with Crippen molar-refractivity contribution in [2.24, 2.45) is 0 Å². The summed E-state index contributed by atoms with van der Waals surface area (Å²) in [6, 6.07) is 1.16. The fraction of sp³-hybridized carbons (Fsp3) is 0.222. The lowest BCUT2D eigenvalue weighted by atomic mass is 10.1. The molecule has 1 rings (SSSR count). The van der Waals surface area contributed by atoms with Gasteiger partial charge in [0.15, 0.2) is 11.4 Å². The molecule has 0 unspecified atom stereocenters. The molecular formula is C9H14ClNO6. The first kappa shape index (κ1) is 20.7. The maximum absolute atomic E-state index is 10.7. The van der Waals surface area contributed by atoms with Crippen molar-refractivity contribution in [3.8, 4) is 0 Å². The third kappa shape index (κ3) is 4.35. The molecule has 0 fully saturated rings. The Balaban J connectivity index is -0.000000653. The van der Waals surface area contributed by atoms with Crippen molar-refractivity contribution in [3.05, 3.63) is 28.6 Å². The molecule has 0 saturated heterocycles. The second-order valence-corrected chi connectivity index (χ2v) is 2.96. The van der Waals surface area contributed by atoms with Gasteiger partial charge in [-0.25, -0.2) is 14.6 Å². The number of aryl methyl sites for hydroxylation is 2. The quantitative estimate of drug-likeness (QED) is 0.559. The highest BCUT2D eigenvalue weighted by Crippen LogP contribution is 2.09. The summed E-state index contributed by atoms with van der Waals surface area (Å²) < 4.78 is 0. The number of pyridine rings is 1. The molecule has 0 aliphatic rings. The molecular weight excluding hydrogens is 254 g/mol. The Bertz CT molecular complexity index is 385. The van der Waals surface area contributed by atoms with Crippen molar-refractivity contribution < 1.29 is 48.1 Å². The average Bonchev–Trinajstić information content (AvgIpc) is 2.02. The predicted molar refractivity (Wildman–Crippen MR) is 53.6 cm³/mol. The van der Waals surface area contributed by atoms with Crippen molar-refractivity contribution in [3.63, 3.8) is 0 Å². The van der Waals surface area contributed by atoms with Gasteiger partial charge in [0.05, 0.1) is 0 Å². The summed E-state index contributed by atoms with van der Waals surface area (Å²) in [5.74, 6) is -2.28. The Labute approximate surface area is 103 Å². The van der Waals surface area contributed by atoms with Gasteiger partial charge < -0.3 is 33.6 Å². The third-order valence-electron chi connectivity index (χ3n) is 1.93. The zero-order valence-electron chi connectivity index (χ0n) is 9.17. The summed E-state index contributed by atoms with van der Waals surface area (Å²) in [6.07, 6.45) is 0. The number of halogens is 1. The Morgan fingerprint density at radius 2 is 1.29 bits per heavy atom. The van der Waals surface area contributed by atoms with E-state index in [0.29, 0.717) is 11.4 Å². The Hall–Kier alpha value is -1.70. The molecule has 17 heavy (non-hydrogen) atoms. The Morgan fingerprint density at radius 3 is 1.53 bits per heavy atom. The monoisotopic (exact) mass is 267 g/mol. The smallest absolute Gasteiger partial charge is 0.342 e. The van der Waals surface area contributed by atoms with Crippen LogP contribution < -0.4 is 17.4 Å². The van der Waals surface area contributed by atoms with Gasteiger partial charge in [-0.2, -0.15) is 0 Å². The molecule has 0 aliphatic carbocycles. The predicted octanol–water partition coefficient (Wildman–Crippen LogP) is -4.13. The summed E-state index contributed by atoms with van der Waals surface area (Å²) in [4.78, 5) is 24.1. The van der Waals surface area contributed by atoms with E-state index in [2.05, 4.69) is 4.98 Å².